The maximum absolute atomic E-state index is 14.7. The molecule has 0 saturated heterocycles. The van der Waals surface area contributed by atoms with Gasteiger partial charge < -0.3 is 94.7 Å². The smallest absolute Gasteiger partial charge is 0.326 e. The number of carbonyl (C=O) groups excluding carboxylic acids is 11. The van der Waals surface area contributed by atoms with Crippen LogP contribution in [0, 0.1) is 35.5 Å². The molecule has 3 rings (SSSR count). The molecule has 2 aromatic carbocycles. The van der Waals surface area contributed by atoms with Gasteiger partial charge in [-0.15, -0.1) is 0 Å². The van der Waals surface area contributed by atoms with Gasteiger partial charge >= 0.3 is 5.97 Å². The van der Waals surface area contributed by atoms with E-state index in [-0.39, 0.29) is 73.9 Å². The van der Waals surface area contributed by atoms with Crippen LogP contribution in [0.1, 0.15) is 147 Å². The number of fused-ring (bicyclic) bond motifs is 1. The van der Waals surface area contributed by atoms with E-state index in [9.17, 15) is 83.1 Å². The molecular formula is C69H109N13O17. The van der Waals surface area contributed by atoms with Crippen LogP contribution in [-0.2, 0) is 70.4 Å². The van der Waals surface area contributed by atoms with Crippen LogP contribution in [0.15, 0.2) is 54.7 Å². The van der Waals surface area contributed by atoms with Crippen LogP contribution >= 0.6 is 0 Å². The third kappa shape index (κ3) is 28.2. The molecule has 0 unspecified atom stereocenters. The summed E-state index contributed by atoms with van der Waals surface area (Å²) in [7, 11) is 0. The standard InChI is InChI=1S/C69H109N13O17/c1-15-39(12)56(81-68(97)57(41(14)85)82-64(93)51(28-38(10)11)74-59(88)46(70)24-34(2)3)67(96)77-50(27-37(8)9)61(90)75-49(26-36(6)7)60(89)76-52(30-43-31-71-47-19-17-16-18-45(43)47)63(92)79-54(32-83)65(94)72-40(13)58(87)73-48(25-35(4)5)62(91)80-55(33-84)66(95)78-53(69(98)99)29-42-20-22-44(86)23-21-42/h16-23,31,34-41,46,48-57,71,83-86H,15,24-30,32-33,70H2,1-14H3,(H,72,94)(H,73,87)(H,74,88)(H,75,90)(H,76,89)(H,77,96)(H,78,95)(H,79,92)(H,80,91)(H,81,97)(H,82,93)(H,98,99)/t39-,40-,41+,46-,48-,49-,50-,51-,52-,53-,54-,55-,56-,57-/m0/s1. The van der Waals surface area contributed by atoms with Gasteiger partial charge in [0.05, 0.1) is 25.4 Å². The van der Waals surface area contributed by atoms with Gasteiger partial charge in [0, 0.05) is 29.9 Å². The topological polar surface area (TPSA) is 480 Å². The summed E-state index contributed by atoms with van der Waals surface area (Å²) in [6.45, 7) is 22.0. The van der Waals surface area contributed by atoms with Crippen molar-refractivity contribution in [3.63, 3.8) is 0 Å². The third-order valence-electron chi connectivity index (χ3n) is 16.4. The normalized spacial score (nSPS) is 15.8. The number of carboxylic acids is 1. The van der Waals surface area contributed by atoms with Gasteiger partial charge in [-0.1, -0.05) is 120 Å². The summed E-state index contributed by atoms with van der Waals surface area (Å²) in [5, 5.41) is 79.9. The SMILES string of the molecule is CC[C@H](C)[C@H](NC(=O)[C@@H](NC(=O)[C@H](CC(C)C)NC(=O)[C@@H](N)CC(C)C)[C@@H](C)O)C(=O)N[C@@H](CC(C)C)C(=O)N[C@@H](CC(C)C)C(=O)N[C@@H](Cc1c[nH]c2ccccc12)C(=O)N[C@@H](CO)C(=O)N[C@@H](C)C(=O)N[C@@H](CC(C)C)C(=O)N[C@@H](CO)C(=O)N[C@@H](Cc1ccc(O)cc1)C(=O)O. The van der Waals surface area contributed by atoms with Crippen LogP contribution in [0.5, 0.6) is 5.75 Å². The van der Waals surface area contributed by atoms with E-state index >= 15 is 0 Å². The van der Waals surface area contributed by atoms with E-state index in [2.05, 4.69) is 63.5 Å². The number of amides is 11. The van der Waals surface area contributed by atoms with E-state index in [0.29, 0.717) is 34.9 Å². The number of aliphatic hydroxyl groups excluding tert-OH is 3. The highest BCUT2D eigenvalue weighted by atomic mass is 16.4. The Bertz CT molecular complexity index is 3190. The molecule has 0 spiro atoms. The number of aromatic amines is 1. The van der Waals surface area contributed by atoms with Gasteiger partial charge in [-0.05, 0) is 111 Å². The fraction of sp³-hybridized carbons (Fsp3) is 0.623. The average Bonchev–Trinajstić information content (AvgIpc) is 1.75. The molecule has 0 fully saturated rings. The van der Waals surface area contributed by atoms with Crippen molar-refractivity contribution in [2.75, 3.05) is 13.2 Å². The Morgan fingerprint density at radius 1 is 0.424 bits per heavy atom. The van der Waals surface area contributed by atoms with Gasteiger partial charge in [-0.2, -0.15) is 0 Å². The van der Waals surface area contributed by atoms with Gasteiger partial charge in [0.2, 0.25) is 65.0 Å². The van der Waals surface area contributed by atoms with E-state index in [4.69, 9.17) is 5.73 Å². The summed E-state index contributed by atoms with van der Waals surface area (Å²) >= 11 is 0. The fourth-order valence-corrected chi connectivity index (χ4v) is 10.8. The number of nitrogens with two attached hydrogens (primary N) is 1. The lowest BCUT2D eigenvalue weighted by Gasteiger charge is -2.31. The molecule has 0 radical (unpaired) electrons. The van der Waals surface area contributed by atoms with Crippen molar-refractivity contribution < 1.29 is 83.1 Å². The summed E-state index contributed by atoms with van der Waals surface area (Å²) in [4.78, 5) is 169. The summed E-state index contributed by atoms with van der Waals surface area (Å²) in [6.07, 6.45) is 0.555. The third-order valence-corrected chi connectivity index (χ3v) is 16.4. The van der Waals surface area contributed by atoms with E-state index in [1.807, 2.05) is 27.7 Å². The number of para-hydroxylation sites is 1. The predicted octanol–water partition coefficient (Wildman–Crippen LogP) is 0.0653. The van der Waals surface area contributed by atoms with Crippen LogP contribution in [0.25, 0.3) is 10.9 Å². The molecule has 1 aromatic heterocycles. The lowest BCUT2D eigenvalue weighted by atomic mass is 9.95. The van der Waals surface area contributed by atoms with Gasteiger partial charge in [0.15, 0.2) is 0 Å². The molecule has 0 saturated carbocycles. The second kappa shape index (κ2) is 41.0. The van der Waals surface area contributed by atoms with Gasteiger partial charge in [-0.3, -0.25) is 52.7 Å². The molecule has 3 aromatic rings. The Hall–Kier alpha value is -8.74. The number of phenols is 1. The highest BCUT2D eigenvalue weighted by molar-refractivity contribution is 6.00. The van der Waals surface area contributed by atoms with Crippen LogP contribution in [0.4, 0.5) is 0 Å². The van der Waals surface area contributed by atoms with Crippen molar-refractivity contribution in [3.8, 4) is 5.75 Å². The molecule has 30 nitrogen and oxygen atoms in total. The lowest BCUT2D eigenvalue weighted by Crippen LogP contribution is -2.63. The van der Waals surface area contributed by atoms with Crippen molar-refractivity contribution in [1.82, 2.24) is 63.5 Å². The number of rotatable bonds is 42. The number of aromatic nitrogens is 1. The van der Waals surface area contributed by atoms with E-state index in [1.165, 1.54) is 38.1 Å². The Morgan fingerprint density at radius 3 is 1.25 bits per heavy atom. The average molecular weight is 1390 g/mol. The van der Waals surface area contributed by atoms with Gasteiger partial charge in [0.1, 0.15) is 72.2 Å². The molecule has 0 aliphatic rings. The van der Waals surface area contributed by atoms with E-state index in [0.717, 1.165) is 0 Å². The van der Waals surface area contributed by atoms with Crippen LogP contribution < -0.4 is 64.2 Å². The van der Waals surface area contributed by atoms with Gasteiger partial charge in [0.25, 0.3) is 0 Å². The minimum atomic E-state index is -1.76. The number of benzene rings is 2. The molecule has 99 heavy (non-hydrogen) atoms. The zero-order valence-electron chi connectivity index (χ0n) is 59.4. The molecule has 0 bridgehead atoms. The first-order chi connectivity index (χ1) is 46.4. The van der Waals surface area contributed by atoms with Crippen LogP contribution in [0.2, 0.25) is 0 Å². The monoisotopic (exact) mass is 1390 g/mol. The number of aliphatic carboxylic acids is 1. The summed E-state index contributed by atoms with van der Waals surface area (Å²) in [5.74, 6) is -12.6. The second-order valence-electron chi connectivity index (χ2n) is 27.7. The molecule has 30 heteroatoms. The molecule has 1 heterocycles. The molecule has 14 atom stereocenters. The quantitative estimate of drug-likeness (QED) is 0.0357. The Kier molecular flexibility index (Phi) is 35.0. The van der Waals surface area contributed by atoms with Crippen molar-refractivity contribution in [2.24, 2.45) is 41.2 Å². The molecule has 0 aliphatic carbocycles. The maximum atomic E-state index is 14.7. The largest absolute Gasteiger partial charge is 0.508 e. The summed E-state index contributed by atoms with van der Waals surface area (Å²) < 4.78 is 0. The Labute approximate surface area is 579 Å². The van der Waals surface area contributed by atoms with Crippen LogP contribution in [0.3, 0.4) is 0 Å². The van der Waals surface area contributed by atoms with Crippen molar-refractivity contribution in [1.29, 1.82) is 0 Å². The Morgan fingerprint density at radius 2 is 0.798 bits per heavy atom. The van der Waals surface area contributed by atoms with Crippen molar-refractivity contribution in [3.05, 3.63) is 65.9 Å². The molecular weight excluding hydrogens is 1280 g/mol. The summed E-state index contributed by atoms with van der Waals surface area (Å²) in [6, 6.07) is -4.32. The first kappa shape index (κ1) is 84.5. The molecule has 0 aliphatic heterocycles. The highest BCUT2D eigenvalue weighted by Crippen LogP contribution is 2.21. The van der Waals surface area contributed by atoms with Crippen molar-refractivity contribution >= 4 is 81.9 Å². The number of aromatic hydroxyl groups is 1. The highest BCUT2D eigenvalue weighted by Gasteiger charge is 2.39. The minimum absolute atomic E-state index is 0.000684. The number of hydrogen-bond acceptors (Lipinski definition) is 17. The Balaban J connectivity index is 1.87. The fourth-order valence-electron chi connectivity index (χ4n) is 10.8. The summed E-state index contributed by atoms with van der Waals surface area (Å²) in [5.41, 5.74) is 7.78. The van der Waals surface area contributed by atoms with Crippen LogP contribution in [-0.4, -0.2) is 193 Å². The van der Waals surface area contributed by atoms with Gasteiger partial charge in [-0.25, -0.2) is 4.79 Å². The first-order valence-corrected chi connectivity index (χ1v) is 33.9. The lowest BCUT2D eigenvalue weighted by molar-refractivity contribution is -0.142. The number of H-pyrrole nitrogens is 1. The number of carbonyl (C=O) groups is 12. The van der Waals surface area contributed by atoms with Crippen molar-refractivity contribution in [2.45, 2.75) is 227 Å². The minimum Gasteiger partial charge on any atom is -0.508 e. The predicted molar refractivity (Wildman–Crippen MR) is 369 cm³/mol. The number of nitrogens with one attached hydrogen (secondary N) is 12. The second-order valence-corrected chi connectivity index (χ2v) is 27.7. The van der Waals surface area contributed by atoms with E-state index in [1.54, 1.807) is 85.9 Å². The zero-order chi connectivity index (χ0) is 74.7. The zero-order valence-corrected chi connectivity index (χ0v) is 59.4. The number of phenolic OH excluding ortho intramolecular Hbond substituents is 1. The number of carboxylic acid groups (broad SMARTS) is 1. The van der Waals surface area contributed by atoms with E-state index < -0.39 is 169 Å². The molecule has 552 valence electrons. The maximum Gasteiger partial charge on any atom is 0.326 e. The first-order valence-electron chi connectivity index (χ1n) is 33.9. The molecule has 19 N–H and O–H groups in total. The number of aliphatic hydroxyl groups is 3. The number of hydrogen-bond donors (Lipinski definition) is 18. The molecule has 11 amide bonds.